The summed E-state index contributed by atoms with van der Waals surface area (Å²) in [6, 6.07) is 6.67. The standard InChI is InChI=1S/C21H21ClN2O4S/c1-11-6-7-16(22)10-17(11)23-12(2)8-15(13(23)3)9-18-19(25)24(21(27)29-18)14(4)20(26)28-5/h6-10,14H,1-5H3/b18-9+/t14-/m1/s1. The number of benzene rings is 1. The predicted molar refractivity (Wildman–Crippen MR) is 114 cm³/mol. The number of aromatic nitrogens is 1. The van der Waals surface area contributed by atoms with Crippen molar-refractivity contribution in [1.82, 2.24) is 9.47 Å². The van der Waals surface area contributed by atoms with Crippen LogP contribution in [0.15, 0.2) is 29.2 Å². The van der Waals surface area contributed by atoms with Crippen LogP contribution in [0.2, 0.25) is 5.02 Å². The van der Waals surface area contributed by atoms with Crippen LogP contribution in [0, 0.1) is 20.8 Å². The molecule has 0 bridgehead atoms. The van der Waals surface area contributed by atoms with E-state index in [0.29, 0.717) is 5.02 Å². The number of ether oxygens (including phenoxy) is 1. The third kappa shape index (κ3) is 3.84. The van der Waals surface area contributed by atoms with Gasteiger partial charge in [0.15, 0.2) is 0 Å². The van der Waals surface area contributed by atoms with Gasteiger partial charge in [-0.15, -0.1) is 0 Å². The molecule has 1 aromatic heterocycles. The molecule has 1 aliphatic heterocycles. The molecular formula is C21H21ClN2O4S. The molecule has 0 saturated carbocycles. The van der Waals surface area contributed by atoms with Crippen LogP contribution in [-0.2, 0) is 14.3 Å². The summed E-state index contributed by atoms with van der Waals surface area (Å²) in [4.78, 5) is 38.0. The number of nitrogens with zero attached hydrogens (tertiary/aromatic N) is 2. The summed E-state index contributed by atoms with van der Waals surface area (Å²) in [5.74, 6) is -1.13. The fraction of sp³-hybridized carbons (Fsp3) is 0.286. The summed E-state index contributed by atoms with van der Waals surface area (Å²) in [5, 5.41) is 0.149. The summed E-state index contributed by atoms with van der Waals surface area (Å²) in [6.07, 6.45) is 1.69. The SMILES string of the molecule is COC(=O)[C@@H](C)N1C(=O)S/C(=C/c2cc(C)n(-c3cc(Cl)ccc3C)c2C)C1=O. The topological polar surface area (TPSA) is 68.6 Å². The summed E-state index contributed by atoms with van der Waals surface area (Å²) in [7, 11) is 1.22. The van der Waals surface area contributed by atoms with Gasteiger partial charge in [0, 0.05) is 22.1 Å². The van der Waals surface area contributed by atoms with Crippen molar-refractivity contribution in [2.45, 2.75) is 33.7 Å². The molecule has 2 heterocycles. The van der Waals surface area contributed by atoms with Gasteiger partial charge < -0.3 is 9.30 Å². The maximum Gasteiger partial charge on any atom is 0.328 e. The van der Waals surface area contributed by atoms with Gasteiger partial charge in [0.25, 0.3) is 11.1 Å². The molecule has 0 aliphatic carbocycles. The van der Waals surface area contributed by atoms with Gasteiger partial charge in [-0.3, -0.25) is 14.5 Å². The second-order valence-corrected chi connectivity index (χ2v) is 8.27. The van der Waals surface area contributed by atoms with E-state index < -0.39 is 23.2 Å². The van der Waals surface area contributed by atoms with Crippen molar-refractivity contribution in [3.63, 3.8) is 0 Å². The lowest BCUT2D eigenvalue weighted by atomic mass is 10.2. The second kappa shape index (κ2) is 8.08. The van der Waals surface area contributed by atoms with Crippen molar-refractivity contribution in [2.75, 3.05) is 7.11 Å². The number of hydrogen-bond acceptors (Lipinski definition) is 5. The highest BCUT2D eigenvalue weighted by Gasteiger charge is 2.41. The molecule has 3 rings (SSSR count). The predicted octanol–water partition coefficient (Wildman–Crippen LogP) is 4.65. The Morgan fingerprint density at radius 3 is 2.55 bits per heavy atom. The van der Waals surface area contributed by atoms with E-state index in [-0.39, 0.29) is 4.91 Å². The van der Waals surface area contributed by atoms with Crippen LogP contribution in [0.25, 0.3) is 11.8 Å². The molecule has 0 N–H and O–H groups in total. The number of amides is 2. The summed E-state index contributed by atoms with van der Waals surface area (Å²) in [6.45, 7) is 7.39. The van der Waals surface area contributed by atoms with Crippen molar-refractivity contribution in [3.05, 3.63) is 56.7 Å². The number of imide groups is 1. The van der Waals surface area contributed by atoms with Gasteiger partial charge in [-0.2, -0.15) is 0 Å². The minimum absolute atomic E-state index is 0.272. The van der Waals surface area contributed by atoms with Gasteiger partial charge in [-0.1, -0.05) is 17.7 Å². The van der Waals surface area contributed by atoms with E-state index in [1.807, 2.05) is 45.0 Å². The van der Waals surface area contributed by atoms with Crippen molar-refractivity contribution < 1.29 is 19.1 Å². The van der Waals surface area contributed by atoms with Gasteiger partial charge in [0.2, 0.25) is 0 Å². The Hall–Kier alpha value is -2.51. The van der Waals surface area contributed by atoms with Crippen molar-refractivity contribution in [3.8, 4) is 5.69 Å². The Morgan fingerprint density at radius 1 is 1.21 bits per heavy atom. The molecule has 1 aromatic carbocycles. The van der Waals surface area contributed by atoms with E-state index in [1.165, 1.54) is 14.0 Å². The van der Waals surface area contributed by atoms with Gasteiger partial charge >= 0.3 is 5.97 Å². The third-order valence-electron chi connectivity index (χ3n) is 4.92. The Labute approximate surface area is 178 Å². The number of rotatable bonds is 4. The first-order valence-corrected chi connectivity index (χ1v) is 10.2. The van der Waals surface area contributed by atoms with E-state index >= 15 is 0 Å². The first kappa shape index (κ1) is 21.2. The van der Waals surface area contributed by atoms with Crippen molar-refractivity contribution in [2.24, 2.45) is 0 Å². The largest absolute Gasteiger partial charge is 0.467 e. The van der Waals surface area contributed by atoms with Gasteiger partial charge in [0.05, 0.1) is 12.0 Å². The first-order valence-electron chi connectivity index (χ1n) is 8.96. The van der Waals surface area contributed by atoms with Crippen LogP contribution in [0.1, 0.15) is 29.4 Å². The molecule has 2 amide bonds. The number of halogens is 1. The van der Waals surface area contributed by atoms with Crippen LogP contribution in [0.5, 0.6) is 0 Å². The molecule has 152 valence electrons. The lowest BCUT2D eigenvalue weighted by Crippen LogP contribution is -2.42. The highest BCUT2D eigenvalue weighted by Crippen LogP contribution is 2.35. The number of aryl methyl sites for hydroxylation is 2. The summed E-state index contributed by atoms with van der Waals surface area (Å²) < 4.78 is 6.72. The Kier molecular flexibility index (Phi) is 5.91. The molecule has 1 atom stereocenters. The van der Waals surface area contributed by atoms with E-state index in [2.05, 4.69) is 9.30 Å². The fourth-order valence-electron chi connectivity index (χ4n) is 3.36. The average Bonchev–Trinajstić information content (AvgIpc) is 3.11. The highest BCUT2D eigenvalue weighted by atomic mass is 35.5. The quantitative estimate of drug-likeness (QED) is 0.519. The van der Waals surface area contributed by atoms with Gasteiger partial charge in [-0.05, 0) is 74.9 Å². The molecule has 1 fully saturated rings. The number of carbonyl (C=O) groups excluding carboxylic acids is 3. The van der Waals surface area contributed by atoms with E-state index in [9.17, 15) is 14.4 Å². The Balaban J connectivity index is 2.00. The number of methoxy groups -OCH3 is 1. The molecule has 1 saturated heterocycles. The molecule has 0 spiro atoms. The Bertz CT molecular complexity index is 1060. The molecule has 29 heavy (non-hydrogen) atoms. The molecular weight excluding hydrogens is 412 g/mol. The fourth-order valence-corrected chi connectivity index (χ4v) is 4.42. The lowest BCUT2D eigenvalue weighted by Gasteiger charge is -2.18. The van der Waals surface area contributed by atoms with Crippen LogP contribution in [0.3, 0.4) is 0 Å². The minimum atomic E-state index is -0.972. The zero-order chi connectivity index (χ0) is 21.5. The van der Waals surface area contributed by atoms with Gasteiger partial charge in [-0.25, -0.2) is 4.79 Å². The minimum Gasteiger partial charge on any atom is -0.467 e. The monoisotopic (exact) mass is 432 g/mol. The van der Waals surface area contributed by atoms with Gasteiger partial charge in [0.1, 0.15) is 6.04 Å². The second-order valence-electron chi connectivity index (χ2n) is 6.84. The number of esters is 1. The molecule has 8 heteroatoms. The molecule has 1 aliphatic rings. The molecule has 0 unspecified atom stereocenters. The van der Waals surface area contributed by atoms with Crippen LogP contribution >= 0.6 is 23.4 Å². The third-order valence-corrected chi connectivity index (χ3v) is 6.04. The molecule has 2 aromatic rings. The first-order chi connectivity index (χ1) is 13.6. The number of carbonyl (C=O) groups is 3. The van der Waals surface area contributed by atoms with Crippen molar-refractivity contribution in [1.29, 1.82) is 0 Å². The van der Waals surface area contributed by atoms with E-state index in [4.69, 9.17) is 11.6 Å². The van der Waals surface area contributed by atoms with E-state index in [0.717, 1.165) is 44.9 Å². The lowest BCUT2D eigenvalue weighted by molar-refractivity contribution is -0.148. The molecule has 6 nitrogen and oxygen atoms in total. The Morgan fingerprint density at radius 2 is 1.90 bits per heavy atom. The zero-order valence-corrected chi connectivity index (χ0v) is 18.4. The maximum absolute atomic E-state index is 12.7. The number of thioether (sulfide) groups is 1. The maximum atomic E-state index is 12.7. The summed E-state index contributed by atoms with van der Waals surface area (Å²) >= 11 is 7.00. The summed E-state index contributed by atoms with van der Waals surface area (Å²) in [5.41, 5.74) is 4.73. The van der Waals surface area contributed by atoms with Crippen LogP contribution in [0.4, 0.5) is 4.79 Å². The smallest absolute Gasteiger partial charge is 0.328 e. The van der Waals surface area contributed by atoms with Crippen LogP contribution < -0.4 is 0 Å². The van der Waals surface area contributed by atoms with E-state index in [1.54, 1.807) is 6.08 Å². The molecule has 0 radical (unpaired) electrons. The zero-order valence-electron chi connectivity index (χ0n) is 16.8. The van der Waals surface area contributed by atoms with Crippen molar-refractivity contribution >= 4 is 46.6 Å². The van der Waals surface area contributed by atoms with Crippen LogP contribution in [-0.4, -0.2) is 39.7 Å². The average molecular weight is 433 g/mol. The highest BCUT2D eigenvalue weighted by molar-refractivity contribution is 8.18. The number of hydrogen-bond donors (Lipinski definition) is 0. The normalized spacial score (nSPS) is 16.6.